The van der Waals surface area contributed by atoms with E-state index in [0.29, 0.717) is 21.4 Å². The lowest BCUT2D eigenvalue weighted by atomic mass is 9.86. The Kier molecular flexibility index (Phi) is 6.21. The smallest absolute Gasteiger partial charge is 0.264 e. The number of benzene rings is 2. The fourth-order valence-electron chi connectivity index (χ4n) is 4.05. The molecule has 2 amide bonds. The van der Waals surface area contributed by atoms with Crippen LogP contribution in [-0.4, -0.2) is 24.9 Å². The van der Waals surface area contributed by atoms with E-state index >= 15 is 0 Å². The van der Waals surface area contributed by atoms with Crippen molar-refractivity contribution in [1.82, 2.24) is 5.32 Å². The van der Waals surface area contributed by atoms with Gasteiger partial charge in [0.05, 0.1) is 10.6 Å². The van der Waals surface area contributed by atoms with Crippen LogP contribution in [0.5, 0.6) is 0 Å². The van der Waals surface area contributed by atoms with E-state index in [-0.39, 0.29) is 17.9 Å². The molecule has 2 aliphatic rings. The minimum atomic E-state index is -0.106. The van der Waals surface area contributed by atoms with E-state index in [1.807, 2.05) is 48.5 Å². The molecule has 0 aromatic heterocycles. The van der Waals surface area contributed by atoms with Crippen LogP contribution in [0.1, 0.15) is 48.5 Å². The van der Waals surface area contributed by atoms with Crippen LogP contribution in [0.25, 0.3) is 6.08 Å². The fraction of sp³-hybridized carbons (Fsp3) is 0.333. The molecule has 1 saturated carbocycles. The number of halogens is 1. The van der Waals surface area contributed by atoms with Gasteiger partial charge in [0.1, 0.15) is 0 Å². The van der Waals surface area contributed by atoms with Crippen molar-refractivity contribution in [3.63, 3.8) is 0 Å². The van der Waals surface area contributed by atoms with Gasteiger partial charge in [0.15, 0.2) is 0 Å². The molecule has 4 nitrogen and oxygen atoms in total. The second-order valence-electron chi connectivity index (χ2n) is 8.02. The Balaban J connectivity index is 1.57. The number of nitrogens with one attached hydrogen (secondary N) is 1. The molecule has 1 aliphatic carbocycles. The molecule has 0 spiro atoms. The highest BCUT2D eigenvalue weighted by molar-refractivity contribution is 8.04. The van der Waals surface area contributed by atoms with Crippen molar-refractivity contribution in [2.24, 2.45) is 5.92 Å². The minimum absolute atomic E-state index is 0.0696. The Morgan fingerprint density at radius 1 is 1.20 bits per heavy atom. The van der Waals surface area contributed by atoms with E-state index in [0.717, 1.165) is 35.4 Å². The summed E-state index contributed by atoms with van der Waals surface area (Å²) in [6, 6.07) is 13.2. The Morgan fingerprint density at radius 2 is 1.97 bits per heavy atom. The number of carbonyl (C=O) groups is 2. The van der Waals surface area contributed by atoms with Gasteiger partial charge in [-0.25, -0.2) is 0 Å². The lowest BCUT2D eigenvalue weighted by molar-refractivity contribution is -0.114. The maximum atomic E-state index is 12.9. The van der Waals surface area contributed by atoms with Crippen LogP contribution >= 0.6 is 23.4 Å². The molecule has 0 bridgehead atoms. The second-order valence-corrected chi connectivity index (χ2v) is 9.51. The maximum absolute atomic E-state index is 12.9. The van der Waals surface area contributed by atoms with Crippen LogP contribution < -0.4 is 10.2 Å². The Labute approximate surface area is 186 Å². The normalized spacial score (nSPS) is 22.7. The number of likely N-dealkylation sites (N-methyl/N-ethyl adjacent to an activating group) is 1. The third-order valence-corrected chi connectivity index (χ3v) is 7.36. The Hall–Kier alpha value is -2.24. The lowest BCUT2D eigenvalue weighted by Gasteiger charge is -2.30. The van der Waals surface area contributed by atoms with Crippen LogP contribution in [-0.2, 0) is 4.79 Å². The Bertz CT molecular complexity index is 1020. The molecule has 1 fully saturated rings. The monoisotopic (exact) mass is 440 g/mol. The standard InChI is InChI=1S/C24H25ClN2O2S/c1-15-7-3-6-10-19(15)26-23(28)17-11-12-21-20(13-17)27(2)24(29)22(30-21)14-16-8-4-5-9-18(16)25/h4-5,8-9,11-15,19H,3,6-7,10H2,1-2H3,(H,26,28). The molecular formula is C24H25ClN2O2S. The molecule has 1 heterocycles. The molecule has 1 N–H and O–H groups in total. The largest absolute Gasteiger partial charge is 0.349 e. The highest BCUT2D eigenvalue weighted by Gasteiger charge is 2.28. The first kappa shape index (κ1) is 21.0. The van der Waals surface area contributed by atoms with Gasteiger partial charge in [-0.1, -0.05) is 61.3 Å². The first-order valence-electron chi connectivity index (χ1n) is 10.3. The summed E-state index contributed by atoms with van der Waals surface area (Å²) < 4.78 is 0. The molecule has 156 valence electrons. The molecule has 1 aliphatic heterocycles. The first-order valence-corrected chi connectivity index (χ1v) is 11.5. The zero-order valence-corrected chi connectivity index (χ0v) is 18.7. The summed E-state index contributed by atoms with van der Waals surface area (Å²) >= 11 is 7.66. The van der Waals surface area contributed by atoms with Crippen LogP contribution in [0.2, 0.25) is 5.02 Å². The zero-order valence-electron chi connectivity index (χ0n) is 17.2. The number of nitrogens with zero attached hydrogens (tertiary/aromatic N) is 1. The summed E-state index contributed by atoms with van der Waals surface area (Å²) in [5.74, 6) is 0.323. The van der Waals surface area contributed by atoms with Crippen LogP contribution in [0.15, 0.2) is 52.3 Å². The molecule has 4 rings (SSSR count). The van der Waals surface area contributed by atoms with Crippen LogP contribution in [0.4, 0.5) is 5.69 Å². The average Bonchev–Trinajstić information content (AvgIpc) is 2.74. The molecular weight excluding hydrogens is 416 g/mol. The molecule has 2 atom stereocenters. The predicted molar refractivity (Wildman–Crippen MR) is 124 cm³/mol. The van der Waals surface area contributed by atoms with Gasteiger partial charge in [0.2, 0.25) is 0 Å². The second kappa shape index (κ2) is 8.86. The van der Waals surface area contributed by atoms with Gasteiger partial charge < -0.3 is 10.2 Å². The van der Waals surface area contributed by atoms with Gasteiger partial charge in [0, 0.05) is 28.6 Å². The van der Waals surface area contributed by atoms with Crippen LogP contribution in [0.3, 0.4) is 0 Å². The SMILES string of the molecule is CC1CCCCC1NC(=O)c1ccc2c(c1)N(C)C(=O)C(=Cc1ccccc1Cl)S2. The molecule has 2 aromatic carbocycles. The molecule has 2 aromatic rings. The van der Waals surface area contributed by atoms with Crippen molar-refractivity contribution in [2.45, 2.75) is 43.5 Å². The summed E-state index contributed by atoms with van der Waals surface area (Å²) in [4.78, 5) is 28.9. The van der Waals surface area contributed by atoms with Crippen molar-refractivity contribution in [3.8, 4) is 0 Å². The number of hydrogen-bond acceptors (Lipinski definition) is 3. The van der Waals surface area contributed by atoms with Gasteiger partial charge >= 0.3 is 0 Å². The summed E-state index contributed by atoms with van der Waals surface area (Å²) in [5.41, 5.74) is 2.15. The quantitative estimate of drug-likeness (QED) is 0.617. The average molecular weight is 441 g/mol. The third-order valence-electron chi connectivity index (χ3n) is 5.94. The Morgan fingerprint density at radius 3 is 2.73 bits per heavy atom. The van der Waals surface area contributed by atoms with Gasteiger partial charge in [-0.05, 0) is 54.7 Å². The molecule has 0 radical (unpaired) electrons. The van der Waals surface area contributed by atoms with E-state index in [2.05, 4.69) is 12.2 Å². The van der Waals surface area contributed by atoms with Crippen molar-refractivity contribution in [2.75, 3.05) is 11.9 Å². The van der Waals surface area contributed by atoms with Crippen LogP contribution in [0, 0.1) is 5.92 Å². The van der Waals surface area contributed by atoms with Crippen molar-refractivity contribution >= 4 is 46.9 Å². The molecule has 0 saturated heterocycles. The number of thioether (sulfide) groups is 1. The first-order chi connectivity index (χ1) is 14.4. The zero-order chi connectivity index (χ0) is 21.3. The number of amides is 2. The van der Waals surface area contributed by atoms with Gasteiger partial charge in [-0.15, -0.1) is 0 Å². The van der Waals surface area contributed by atoms with E-state index in [1.165, 1.54) is 18.2 Å². The number of carbonyl (C=O) groups excluding carboxylic acids is 2. The molecule has 6 heteroatoms. The molecule has 2 unspecified atom stereocenters. The maximum Gasteiger partial charge on any atom is 0.264 e. The fourth-order valence-corrected chi connectivity index (χ4v) is 5.32. The summed E-state index contributed by atoms with van der Waals surface area (Å²) in [7, 11) is 1.74. The predicted octanol–water partition coefficient (Wildman–Crippen LogP) is 5.76. The van der Waals surface area contributed by atoms with Gasteiger partial charge in [-0.2, -0.15) is 0 Å². The van der Waals surface area contributed by atoms with Gasteiger partial charge in [-0.3, -0.25) is 9.59 Å². The van der Waals surface area contributed by atoms with E-state index in [1.54, 1.807) is 11.9 Å². The highest BCUT2D eigenvalue weighted by atomic mass is 35.5. The van der Waals surface area contributed by atoms with E-state index < -0.39 is 0 Å². The van der Waals surface area contributed by atoms with Gasteiger partial charge in [0.25, 0.3) is 11.8 Å². The minimum Gasteiger partial charge on any atom is -0.349 e. The summed E-state index contributed by atoms with van der Waals surface area (Å²) in [6.45, 7) is 2.20. The number of hydrogen-bond donors (Lipinski definition) is 1. The number of rotatable bonds is 3. The van der Waals surface area contributed by atoms with Crippen molar-refractivity contribution in [1.29, 1.82) is 0 Å². The summed E-state index contributed by atoms with van der Waals surface area (Å²) in [6.07, 6.45) is 6.40. The van der Waals surface area contributed by atoms with Crippen molar-refractivity contribution < 1.29 is 9.59 Å². The number of anilines is 1. The molecule has 30 heavy (non-hydrogen) atoms. The van der Waals surface area contributed by atoms with E-state index in [4.69, 9.17) is 11.6 Å². The van der Waals surface area contributed by atoms with E-state index in [9.17, 15) is 9.59 Å². The number of fused-ring (bicyclic) bond motifs is 1. The summed E-state index contributed by atoms with van der Waals surface area (Å²) in [5, 5.41) is 3.80. The lowest BCUT2D eigenvalue weighted by Crippen LogP contribution is -2.41. The topological polar surface area (TPSA) is 49.4 Å². The highest BCUT2D eigenvalue weighted by Crippen LogP contribution is 2.42. The van der Waals surface area contributed by atoms with Crippen molar-refractivity contribution in [3.05, 3.63) is 63.5 Å². The third kappa shape index (κ3) is 4.28.